The van der Waals surface area contributed by atoms with Crippen molar-refractivity contribution in [1.29, 1.82) is 0 Å². The van der Waals surface area contributed by atoms with Gasteiger partial charge in [0.1, 0.15) is 0 Å². The average molecular weight is 266 g/mol. The predicted octanol–water partition coefficient (Wildman–Crippen LogP) is 2.99. The van der Waals surface area contributed by atoms with Crippen molar-refractivity contribution in [2.75, 3.05) is 32.1 Å². The lowest BCUT2D eigenvalue weighted by molar-refractivity contribution is 0.250. The van der Waals surface area contributed by atoms with Crippen LogP contribution in [0.4, 0.5) is 0 Å². The standard InChI is InChI=1S/C15H26N2S/c1-12-6-7-13(2)14(10-12)15(11-16)17(3)8-5-9-18-4/h6-7,10,15H,5,8-9,11,16H2,1-4H3. The summed E-state index contributed by atoms with van der Waals surface area (Å²) in [6, 6.07) is 6.98. The van der Waals surface area contributed by atoms with Crippen molar-refractivity contribution in [1.82, 2.24) is 4.90 Å². The third-order valence-corrected chi connectivity index (χ3v) is 4.11. The smallest absolute Gasteiger partial charge is 0.0470 e. The van der Waals surface area contributed by atoms with Crippen LogP contribution in [0, 0.1) is 13.8 Å². The van der Waals surface area contributed by atoms with E-state index < -0.39 is 0 Å². The molecule has 0 radical (unpaired) electrons. The minimum Gasteiger partial charge on any atom is -0.329 e. The van der Waals surface area contributed by atoms with Gasteiger partial charge in [0.05, 0.1) is 0 Å². The van der Waals surface area contributed by atoms with Gasteiger partial charge in [0.2, 0.25) is 0 Å². The number of hydrogen-bond acceptors (Lipinski definition) is 3. The van der Waals surface area contributed by atoms with E-state index in [1.165, 1.54) is 28.9 Å². The summed E-state index contributed by atoms with van der Waals surface area (Å²) in [5.41, 5.74) is 10.0. The van der Waals surface area contributed by atoms with Gasteiger partial charge in [-0.15, -0.1) is 0 Å². The minimum atomic E-state index is 0.340. The molecule has 0 aliphatic heterocycles. The summed E-state index contributed by atoms with van der Waals surface area (Å²) in [7, 11) is 2.18. The van der Waals surface area contributed by atoms with Gasteiger partial charge in [-0.2, -0.15) is 11.8 Å². The zero-order chi connectivity index (χ0) is 13.5. The maximum atomic E-state index is 5.98. The van der Waals surface area contributed by atoms with Gasteiger partial charge >= 0.3 is 0 Å². The number of rotatable bonds is 7. The lowest BCUT2D eigenvalue weighted by atomic mass is 9.98. The highest BCUT2D eigenvalue weighted by atomic mass is 32.2. The first-order valence-corrected chi connectivity index (χ1v) is 7.96. The molecule has 0 fully saturated rings. The molecule has 0 heterocycles. The van der Waals surface area contributed by atoms with Crippen molar-refractivity contribution in [3.63, 3.8) is 0 Å². The first-order chi connectivity index (χ1) is 8.60. The first kappa shape index (κ1) is 15.5. The number of thioether (sulfide) groups is 1. The molecule has 1 aromatic rings. The first-order valence-electron chi connectivity index (χ1n) is 6.56. The summed E-state index contributed by atoms with van der Waals surface area (Å²) in [4.78, 5) is 2.39. The van der Waals surface area contributed by atoms with Crippen molar-refractivity contribution < 1.29 is 0 Å². The quantitative estimate of drug-likeness (QED) is 0.769. The minimum absolute atomic E-state index is 0.340. The summed E-state index contributed by atoms with van der Waals surface area (Å²) in [5, 5.41) is 0. The van der Waals surface area contributed by atoms with Crippen molar-refractivity contribution in [2.45, 2.75) is 26.3 Å². The molecule has 102 valence electrons. The molecule has 2 N–H and O–H groups in total. The fraction of sp³-hybridized carbons (Fsp3) is 0.600. The Labute approximate surface area is 116 Å². The molecule has 0 amide bonds. The molecule has 3 heteroatoms. The molecular weight excluding hydrogens is 240 g/mol. The highest BCUT2D eigenvalue weighted by Gasteiger charge is 2.16. The van der Waals surface area contributed by atoms with Crippen LogP contribution in [0.25, 0.3) is 0 Å². The highest BCUT2D eigenvalue weighted by molar-refractivity contribution is 7.98. The molecule has 0 aliphatic rings. The van der Waals surface area contributed by atoms with Crippen LogP contribution >= 0.6 is 11.8 Å². The number of nitrogens with two attached hydrogens (primary N) is 1. The molecule has 0 saturated carbocycles. The van der Waals surface area contributed by atoms with E-state index >= 15 is 0 Å². The SMILES string of the molecule is CSCCCN(C)C(CN)c1cc(C)ccc1C. The van der Waals surface area contributed by atoms with Crippen LogP contribution in [0.2, 0.25) is 0 Å². The van der Waals surface area contributed by atoms with Gasteiger partial charge < -0.3 is 5.73 Å². The molecule has 18 heavy (non-hydrogen) atoms. The van der Waals surface area contributed by atoms with Crippen molar-refractivity contribution in [3.05, 3.63) is 34.9 Å². The average Bonchev–Trinajstić information content (AvgIpc) is 2.35. The van der Waals surface area contributed by atoms with Gasteiger partial charge in [0, 0.05) is 12.6 Å². The molecule has 2 nitrogen and oxygen atoms in total. The fourth-order valence-electron chi connectivity index (χ4n) is 2.28. The van der Waals surface area contributed by atoms with Gasteiger partial charge in [-0.1, -0.05) is 23.8 Å². The Hall–Kier alpha value is -0.510. The normalized spacial score (nSPS) is 13.0. The molecule has 1 aromatic carbocycles. The molecule has 1 unspecified atom stereocenters. The van der Waals surface area contributed by atoms with E-state index in [1.54, 1.807) is 0 Å². The summed E-state index contributed by atoms with van der Waals surface area (Å²) in [6.07, 6.45) is 3.38. The zero-order valence-corrected chi connectivity index (χ0v) is 12.9. The molecule has 0 aliphatic carbocycles. The Balaban J connectivity index is 2.78. The second-order valence-electron chi connectivity index (χ2n) is 4.94. The number of benzene rings is 1. The van der Waals surface area contributed by atoms with Crippen molar-refractivity contribution >= 4 is 11.8 Å². The third kappa shape index (κ3) is 4.30. The van der Waals surface area contributed by atoms with Gasteiger partial charge in [0.25, 0.3) is 0 Å². The Morgan fingerprint density at radius 2 is 2.06 bits per heavy atom. The number of aryl methyl sites for hydroxylation is 2. The molecular formula is C15H26N2S. The summed E-state index contributed by atoms with van der Waals surface area (Å²) in [5.74, 6) is 1.22. The Morgan fingerprint density at radius 3 is 2.67 bits per heavy atom. The second kappa shape index (κ2) is 7.82. The zero-order valence-electron chi connectivity index (χ0n) is 12.1. The Bertz CT molecular complexity index is 366. The van der Waals surface area contributed by atoms with Gasteiger partial charge in [-0.3, -0.25) is 4.90 Å². The third-order valence-electron chi connectivity index (χ3n) is 3.41. The Morgan fingerprint density at radius 1 is 1.33 bits per heavy atom. The number of likely N-dealkylation sites (N-methyl/N-ethyl adjacent to an activating group) is 1. The summed E-state index contributed by atoms with van der Waals surface area (Å²) in [6.45, 7) is 6.10. The van der Waals surface area contributed by atoms with Crippen molar-refractivity contribution in [2.24, 2.45) is 5.73 Å². The molecule has 1 atom stereocenters. The maximum absolute atomic E-state index is 5.98. The molecule has 0 aromatic heterocycles. The van der Waals surface area contributed by atoms with E-state index in [2.05, 4.69) is 50.2 Å². The van der Waals surface area contributed by atoms with Crippen LogP contribution in [0.3, 0.4) is 0 Å². The largest absolute Gasteiger partial charge is 0.329 e. The highest BCUT2D eigenvalue weighted by Crippen LogP contribution is 2.23. The monoisotopic (exact) mass is 266 g/mol. The second-order valence-corrected chi connectivity index (χ2v) is 5.92. The molecule has 0 bridgehead atoms. The van der Waals surface area contributed by atoms with Crippen LogP contribution in [0.15, 0.2) is 18.2 Å². The maximum Gasteiger partial charge on any atom is 0.0470 e. The van der Waals surface area contributed by atoms with Crippen LogP contribution < -0.4 is 5.73 Å². The van der Waals surface area contributed by atoms with E-state index in [0.717, 1.165) is 6.54 Å². The Kier molecular flexibility index (Phi) is 6.76. The van der Waals surface area contributed by atoms with Gasteiger partial charge in [-0.05, 0) is 57.0 Å². The van der Waals surface area contributed by atoms with Crippen LogP contribution in [0.1, 0.15) is 29.2 Å². The van der Waals surface area contributed by atoms with Gasteiger partial charge in [0.15, 0.2) is 0 Å². The van der Waals surface area contributed by atoms with E-state index in [-0.39, 0.29) is 0 Å². The summed E-state index contributed by atoms with van der Waals surface area (Å²) >= 11 is 1.91. The molecule has 0 saturated heterocycles. The number of hydrogen-bond donors (Lipinski definition) is 1. The summed E-state index contributed by atoms with van der Waals surface area (Å²) < 4.78 is 0. The van der Waals surface area contributed by atoms with Crippen molar-refractivity contribution in [3.8, 4) is 0 Å². The van der Waals surface area contributed by atoms with E-state index in [4.69, 9.17) is 5.73 Å². The van der Waals surface area contributed by atoms with E-state index in [0.29, 0.717) is 12.6 Å². The topological polar surface area (TPSA) is 29.3 Å². The fourth-order valence-corrected chi connectivity index (χ4v) is 2.70. The van der Waals surface area contributed by atoms with Crippen LogP contribution in [-0.2, 0) is 0 Å². The van der Waals surface area contributed by atoms with E-state index in [1.807, 2.05) is 11.8 Å². The molecule has 1 rings (SSSR count). The number of nitrogens with zero attached hydrogens (tertiary/aromatic N) is 1. The predicted molar refractivity (Wildman–Crippen MR) is 83.3 cm³/mol. The van der Waals surface area contributed by atoms with Crippen LogP contribution in [-0.4, -0.2) is 37.0 Å². The lowest BCUT2D eigenvalue weighted by Crippen LogP contribution is -2.32. The molecule has 0 spiro atoms. The van der Waals surface area contributed by atoms with Crippen LogP contribution in [0.5, 0.6) is 0 Å². The van der Waals surface area contributed by atoms with E-state index in [9.17, 15) is 0 Å². The lowest BCUT2D eigenvalue weighted by Gasteiger charge is -2.28. The van der Waals surface area contributed by atoms with Gasteiger partial charge in [-0.25, -0.2) is 0 Å².